The van der Waals surface area contributed by atoms with Gasteiger partial charge in [-0.15, -0.1) is 0 Å². The van der Waals surface area contributed by atoms with Gasteiger partial charge in [0.05, 0.1) is 6.54 Å². The van der Waals surface area contributed by atoms with Gasteiger partial charge in [0.25, 0.3) is 5.91 Å². The molecule has 2 aromatic heterocycles. The Labute approximate surface area is 141 Å². The molecule has 0 saturated heterocycles. The zero-order valence-electron chi connectivity index (χ0n) is 14.2. The Morgan fingerprint density at radius 2 is 1.92 bits per heavy atom. The van der Waals surface area contributed by atoms with Gasteiger partial charge in [-0.1, -0.05) is 17.7 Å². The molecule has 0 unspecified atom stereocenters. The molecular weight excluding hydrogens is 302 g/mol. The van der Waals surface area contributed by atoms with Gasteiger partial charge in [-0.2, -0.15) is 0 Å². The highest BCUT2D eigenvalue weighted by molar-refractivity contribution is 5.92. The summed E-state index contributed by atoms with van der Waals surface area (Å²) in [5, 5.41) is 0. The van der Waals surface area contributed by atoms with Crippen molar-refractivity contribution >= 4 is 11.6 Å². The number of benzene rings is 1. The molecule has 0 saturated carbocycles. The van der Waals surface area contributed by atoms with Crippen molar-refractivity contribution in [2.75, 3.05) is 20.2 Å². The Bertz CT molecular complexity index is 853. The van der Waals surface area contributed by atoms with E-state index in [1.807, 2.05) is 60.8 Å². The Hall–Kier alpha value is -2.82. The van der Waals surface area contributed by atoms with Crippen molar-refractivity contribution in [2.24, 2.45) is 0 Å². The minimum absolute atomic E-state index is 0.108. The van der Waals surface area contributed by atoms with Gasteiger partial charge in [-0.3, -0.25) is 4.79 Å². The molecular formula is C19H21N3O2. The predicted octanol–water partition coefficient (Wildman–Crippen LogP) is 3.10. The summed E-state index contributed by atoms with van der Waals surface area (Å²) in [7, 11) is 1.76. The summed E-state index contributed by atoms with van der Waals surface area (Å²) in [5.41, 5.74) is 3.53. The number of likely N-dealkylation sites (N-methyl/N-ethyl adjacent to an activating group) is 1. The maximum atomic E-state index is 12.5. The van der Waals surface area contributed by atoms with Gasteiger partial charge in [0.15, 0.2) is 0 Å². The maximum absolute atomic E-state index is 12.5. The van der Waals surface area contributed by atoms with E-state index in [4.69, 9.17) is 4.74 Å². The smallest absolute Gasteiger partial charge is 0.273 e. The Kier molecular flexibility index (Phi) is 4.51. The van der Waals surface area contributed by atoms with Crippen molar-refractivity contribution in [3.8, 4) is 5.75 Å². The number of aryl methyl sites for hydroxylation is 2. The summed E-state index contributed by atoms with van der Waals surface area (Å²) >= 11 is 0. The first-order valence-electron chi connectivity index (χ1n) is 7.93. The zero-order chi connectivity index (χ0) is 17.1. The largest absolute Gasteiger partial charge is 0.492 e. The summed E-state index contributed by atoms with van der Waals surface area (Å²) in [4.78, 5) is 18.5. The SMILES string of the molecule is Cc1ccc(OCCN(C)C(=O)c2cn3ccc(C)cc3n2)cc1. The van der Waals surface area contributed by atoms with E-state index in [0.717, 1.165) is 17.0 Å². The first-order valence-corrected chi connectivity index (χ1v) is 7.93. The molecule has 0 aliphatic carbocycles. The average Bonchev–Trinajstić information content (AvgIpc) is 2.98. The van der Waals surface area contributed by atoms with Crippen LogP contribution in [0.3, 0.4) is 0 Å². The van der Waals surface area contributed by atoms with E-state index in [1.165, 1.54) is 5.56 Å². The first-order chi connectivity index (χ1) is 11.5. The number of rotatable bonds is 5. The fraction of sp³-hybridized carbons (Fsp3) is 0.263. The lowest BCUT2D eigenvalue weighted by molar-refractivity contribution is 0.0768. The van der Waals surface area contributed by atoms with Crippen LogP contribution in [0.5, 0.6) is 5.75 Å². The van der Waals surface area contributed by atoms with Crippen molar-refractivity contribution in [1.82, 2.24) is 14.3 Å². The fourth-order valence-corrected chi connectivity index (χ4v) is 2.42. The number of hydrogen-bond acceptors (Lipinski definition) is 3. The fourth-order valence-electron chi connectivity index (χ4n) is 2.42. The molecule has 0 bridgehead atoms. The van der Waals surface area contributed by atoms with Crippen LogP contribution in [0, 0.1) is 13.8 Å². The molecule has 3 aromatic rings. The standard InChI is InChI=1S/C19H21N3O2/c1-14-4-6-16(7-5-14)24-11-10-21(3)19(23)17-13-22-9-8-15(2)12-18(22)20-17/h4-9,12-13H,10-11H2,1-3H3. The van der Waals surface area contributed by atoms with Gasteiger partial charge in [0, 0.05) is 19.4 Å². The highest BCUT2D eigenvalue weighted by Gasteiger charge is 2.15. The number of fused-ring (bicyclic) bond motifs is 1. The monoisotopic (exact) mass is 323 g/mol. The van der Waals surface area contributed by atoms with Crippen LogP contribution in [0.1, 0.15) is 21.6 Å². The van der Waals surface area contributed by atoms with Crippen LogP contribution in [-0.4, -0.2) is 40.4 Å². The number of amides is 1. The van der Waals surface area contributed by atoms with E-state index >= 15 is 0 Å². The number of carbonyl (C=O) groups excluding carboxylic acids is 1. The summed E-state index contributed by atoms with van der Waals surface area (Å²) in [5.74, 6) is 0.702. The zero-order valence-corrected chi connectivity index (χ0v) is 14.2. The third-order valence-electron chi connectivity index (χ3n) is 3.90. The topological polar surface area (TPSA) is 46.8 Å². The van der Waals surface area contributed by atoms with Crippen molar-refractivity contribution in [1.29, 1.82) is 0 Å². The van der Waals surface area contributed by atoms with E-state index in [-0.39, 0.29) is 5.91 Å². The Balaban J connectivity index is 1.60. The van der Waals surface area contributed by atoms with Crippen LogP contribution >= 0.6 is 0 Å². The molecule has 124 valence electrons. The lowest BCUT2D eigenvalue weighted by Gasteiger charge is -2.16. The molecule has 1 amide bonds. The number of imidazole rings is 1. The molecule has 1 aromatic carbocycles. The molecule has 3 rings (SSSR count). The lowest BCUT2D eigenvalue weighted by atomic mass is 10.2. The Morgan fingerprint density at radius 3 is 2.67 bits per heavy atom. The van der Waals surface area contributed by atoms with E-state index in [1.54, 1.807) is 18.1 Å². The molecule has 2 heterocycles. The molecule has 0 N–H and O–H groups in total. The van der Waals surface area contributed by atoms with Crippen molar-refractivity contribution in [3.63, 3.8) is 0 Å². The molecule has 0 aliphatic heterocycles. The number of carbonyl (C=O) groups is 1. The number of nitrogens with zero attached hydrogens (tertiary/aromatic N) is 3. The van der Waals surface area contributed by atoms with Crippen LogP contribution in [0.25, 0.3) is 5.65 Å². The molecule has 0 spiro atoms. The van der Waals surface area contributed by atoms with Crippen LogP contribution in [0.15, 0.2) is 48.8 Å². The van der Waals surface area contributed by atoms with Gasteiger partial charge in [-0.25, -0.2) is 4.98 Å². The third kappa shape index (κ3) is 3.56. The minimum Gasteiger partial charge on any atom is -0.492 e. The van der Waals surface area contributed by atoms with Crippen LogP contribution < -0.4 is 4.74 Å². The van der Waals surface area contributed by atoms with Crippen LogP contribution in [0.4, 0.5) is 0 Å². The predicted molar refractivity (Wildman–Crippen MR) is 93.6 cm³/mol. The van der Waals surface area contributed by atoms with Crippen molar-refractivity contribution in [3.05, 3.63) is 65.6 Å². The van der Waals surface area contributed by atoms with Gasteiger partial charge >= 0.3 is 0 Å². The van der Waals surface area contributed by atoms with Gasteiger partial charge < -0.3 is 14.0 Å². The Morgan fingerprint density at radius 1 is 1.17 bits per heavy atom. The number of pyridine rings is 1. The summed E-state index contributed by atoms with van der Waals surface area (Å²) in [6, 6.07) is 11.8. The van der Waals surface area contributed by atoms with Gasteiger partial charge in [0.1, 0.15) is 23.7 Å². The van der Waals surface area contributed by atoms with Crippen molar-refractivity contribution in [2.45, 2.75) is 13.8 Å². The van der Waals surface area contributed by atoms with Crippen molar-refractivity contribution < 1.29 is 9.53 Å². The summed E-state index contributed by atoms with van der Waals surface area (Å²) in [6.45, 7) is 4.98. The maximum Gasteiger partial charge on any atom is 0.273 e. The van der Waals surface area contributed by atoms with Crippen LogP contribution in [-0.2, 0) is 0 Å². The second kappa shape index (κ2) is 6.74. The molecule has 0 aliphatic rings. The average molecular weight is 323 g/mol. The molecule has 5 heteroatoms. The van der Waals surface area contributed by atoms with E-state index in [9.17, 15) is 4.79 Å². The highest BCUT2D eigenvalue weighted by atomic mass is 16.5. The second-order valence-corrected chi connectivity index (χ2v) is 5.98. The van der Waals surface area contributed by atoms with Crippen LogP contribution in [0.2, 0.25) is 0 Å². The van der Waals surface area contributed by atoms with E-state index < -0.39 is 0 Å². The van der Waals surface area contributed by atoms with E-state index in [2.05, 4.69) is 4.98 Å². The second-order valence-electron chi connectivity index (χ2n) is 5.98. The normalized spacial score (nSPS) is 10.8. The molecule has 0 atom stereocenters. The lowest BCUT2D eigenvalue weighted by Crippen LogP contribution is -2.31. The highest BCUT2D eigenvalue weighted by Crippen LogP contribution is 2.12. The molecule has 24 heavy (non-hydrogen) atoms. The van der Waals surface area contributed by atoms with Gasteiger partial charge in [-0.05, 0) is 43.7 Å². The summed E-state index contributed by atoms with van der Waals surface area (Å²) in [6.07, 6.45) is 3.67. The first kappa shape index (κ1) is 16.1. The number of aromatic nitrogens is 2. The quantitative estimate of drug-likeness (QED) is 0.725. The molecule has 0 radical (unpaired) electrons. The molecule has 0 fully saturated rings. The molecule has 5 nitrogen and oxygen atoms in total. The minimum atomic E-state index is -0.108. The van der Waals surface area contributed by atoms with E-state index in [0.29, 0.717) is 18.8 Å². The van der Waals surface area contributed by atoms with Gasteiger partial charge in [0.2, 0.25) is 0 Å². The number of hydrogen-bond donors (Lipinski definition) is 0. The number of ether oxygens (including phenoxy) is 1. The third-order valence-corrected chi connectivity index (χ3v) is 3.90. The summed E-state index contributed by atoms with van der Waals surface area (Å²) < 4.78 is 7.53.